The molecule has 0 amide bonds. The highest BCUT2D eigenvalue weighted by Crippen LogP contribution is 2.23. The third-order valence-corrected chi connectivity index (χ3v) is 3.19. The van der Waals surface area contributed by atoms with Gasteiger partial charge in [-0.25, -0.2) is 4.98 Å². The molecule has 4 heteroatoms. The van der Waals surface area contributed by atoms with Crippen LogP contribution >= 0.6 is 0 Å². The van der Waals surface area contributed by atoms with Crippen LogP contribution in [0.25, 0.3) is 0 Å². The van der Waals surface area contributed by atoms with Gasteiger partial charge in [-0.2, -0.15) is 0 Å². The molecular weight excluding hydrogens is 250 g/mol. The lowest BCUT2D eigenvalue weighted by Crippen LogP contribution is -2.29. The highest BCUT2D eigenvalue weighted by atomic mass is 16.3. The molecule has 2 aromatic rings. The smallest absolute Gasteiger partial charge is 0.133 e. The second kappa shape index (κ2) is 7.03. The number of aliphatic hydroxyl groups is 1. The molecular formula is C16H21N3O. The highest BCUT2D eigenvalue weighted by molar-refractivity contribution is 5.48. The minimum absolute atomic E-state index is 0.0851. The highest BCUT2D eigenvalue weighted by Gasteiger charge is 2.14. The molecule has 0 aliphatic rings. The molecule has 0 aliphatic carbocycles. The Bertz CT molecular complexity index is 528. The van der Waals surface area contributed by atoms with Crippen LogP contribution in [0.15, 0.2) is 48.7 Å². The molecule has 1 atom stereocenters. The SMILES string of the molecule is C[C@H](N)c1cccnc1N(CCO)Cc1ccccc1. The number of aliphatic hydroxyl groups excluding tert-OH is 1. The average Bonchev–Trinajstić information content (AvgIpc) is 2.48. The van der Waals surface area contributed by atoms with Crippen molar-refractivity contribution in [3.63, 3.8) is 0 Å². The zero-order valence-electron chi connectivity index (χ0n) is 11.7. The summed E-state index contributed by atoms with van der Waals surface area (Å²) >= 11 is 0. The molecule has 2 rings (SSSR count). The Hall–Kier alpha value is -1.91. The summed E-state index contributed by atoms with van der Waals surface area (Å²) in [6.45, 7) is 3.27. The predicted octanol–water partition coefficient (Wildman–Crippen LogP) is 2.10. The van der Waals surface area contributed by atoms with Gasteiger partial charge in [0, 0.05) is 30.9 Å². The second-order valence-corrected chi connectivity index (χ2v) is 4.84. The molecule has 3 N–H and O–H groups in total. The van der Waals surface area contributed by atoms with Gasteiger partial charge in [-0.3, -0.25) is 0 Å². The van der Waals surface area contributed by atoms with E-state index < -0.39 is 0 Å². The van der Waals surface area contributed by atoms with Crippen LogP contribution in [0.5, 0.6) is 0 Å². The van der Waals surface area contributed by atoms with Crippen molar-refractivity contribution in [2.45, 2.75) is 19.5 Å². The summed E-state index contributed by atoms with van der Waals surface area (Å²) in [4.78, 5) is 6.51. The molecule has 0 saturated carbocycles. The standard InChI is InChI=1S/C16H21N3O/c1-13(17)15-8-5-9-18-16(15)19(10-11-20)12-14-6-3-2-4-7-14/h2-9,13,20H,10-12,17H2,1H3/t13-/m0/s1. The Morgan fingerprint density at radius 1 is 1.20 bits per heavy atom. The lowest BCUT2D eigenvalue weighted by molar-refractivity contribution is 0.301. The van der Waals surface area contributed by atoms with Crippen molar-refractivity contribution < 1.29 is 5.11 Å². The van der Waals surface area contributed by atoms with Crippen molar-refractivity contribution in [2.24, 2.45) is 5.73 Å². The van der Waals surface area contributed by atoms with E-state index in [-0.39, 0.29) is 12.6 Å². The third kappa shape index (κ3) is 3.56. The first-order valence-electron chi connectivity index (χ1n) is 6.82. The van der Waals surface area contributed by atoms with Gasteiger partial charge in [0.1, 0.15) is 5.82 Å². The molecule has 106 valence electrons. The van der Waals surface area contributed by atoms with E-state index in [0.29, 0.717) is 13.1 Å². The van der Waals surface area contributed by atoms with Crippen LogP contribution in [0.3, 0.4) is 0 Å². The van der Waals surface area contributed by atoms with Gasteiger partial charge in [-0.15, -0.1) is 0 Å². The Kier molecular flexibility index (Phi) is 5.09. The minimum atomic E-state index is -0.0873. The molecule has 20 heavy (non-hydrogen) atoms. The molecule has 0 fully saturated rings. The number of anilines is 1. The van der Waals surface area contributed by atoms with Gasteiger partial charge in [0.25, 0.3) is 0 Å². The summed E-state index contributed by atoms with van der Waals surface area (Å²) < 4.78 is 0. The summed E-state index contributed by atoms with van der Waals surface area (Å²) in [7, 11) is 0. The number of hydrogen-bond acceptors (Lipinski definition) is 4. The van der Waals surface area contributed by atoms with Crippen molar-refractivity contribution >= 4 is 5.82 Å². The Morgan fingerprint density at radius 2 is 1.95 bits per heavy atom. The summed E-state index contributed by atoms with van der Waals surface area (Å²) in [5.74, 6) is 0.848. The van der Waals surface area contributed by atoms with Crippen molar-refractivity contribution in [1.82, 2.24) is 4.98 Å². The maximum absolute atomic E-state index is 9.30. The molecule has 0 saturated heterocycles. The summed E-state index contributed by atoms with van der Waals surface area (Å²) in [6, 6.07) is 13.9. The van der Waals surface area contributed by atoms with Crippen LogP contribution in [0.1, 0.15) is 24.1 Å². The molecule has 0 radical (unpaired) electrons. The maximum atomic E-state index is 9.30. The number of pyridine rings is 1. The van der Waals surface area contributed by atoms with Crippen molar-refractivity contribution in [2.75, 3.05) is 18.1 Å². The number of rotatable bonds is 6. The van der Waals surface area contributed by atoms with E-state index in [4.69, 9.17) is 5.73 Å². The van der Waals surface area contributed by atoms with Gasteiger partial charge in [-0.1, -0.05) is 36.4 Å². The summed E-state index contributed by atoms with van der Waals surface area (Å²) in [6.07, 6.45) is 1.76. The molecule has 1 heterocycles. The molecule has 0 spiro atoms. The van der Waals surface area contributed by atoms with E-state index in [0.717, 1.165) is 11.4 Å². The van der Waals surface area contributed by atoms with Crippen LogP contribution in [0.4, 0.5) is 5.82 Å². The average molecular weight is 271 g/mol. The molecule has 1 aromatic heterocycles. The number of nitrogens with zero attached hydrogens (tertiary/aromatic N) is 2. The van der Waals surface area contributed by atoms with Crippen LogP contribution in [0.2, 0.25) is 0 Å². The fourth-order valence-electron chi connectivity index (χ4n) is 2.21. The van der Waals surface area contributed by atoms with Crippen LogP contribution in [-0.4, -0.2) is 23.2 Å². The van der Waals surface area contributed by atoms with Crippen molar-refractivity contribution in [3.05, 3.63) is 59.8 Å². The summed E-state index contributed by atoms with van der Waals surface area (Å²) in [5.41, 5.74) is 8.19. The first kappa shape index (κ1) is 14.5. The Balaban J connectivity index is 2.29. The minimum Gasteiger partial charge on any atom is -0.395 e. The van der Waals surface area contributed by atoms with Crippen molar-refractivity contribution in [3.8, 4) is 0 Å². The van der Waals surface area contributed by atoms with Crippen LogP contribution in [-0.2, 0) is 6.54 Å². The first-order valence-corrected chi connectivity index (χ1v) is 6.82. The van der Waals surface area contributed by atoms with Gasteiger partial charge in [-0.05, 0) is 18.6 Å². The summed E-state index contributed by atoms with van der Waals surface area (Å²) in [5, 5.41) is 9.30. The largest absolute Gasteiger partial charge is 0.395 e. The third-order valence-electron chi connectivity index (χ3n) is 3.19. The number of nitrogens with two attached hydrogens (primary N) is 1. The van der Waals surface area contributed by atoms with Gasteiger partial charge in [0.15, 0.2) is 0 Å². The van der Waals surface area contributed by atoms with Crippen molar-refractivity contribution in [1.29, 1.82) is 0 Å². The monoisotopic (exact) mass is 271 g/mol. The maximum Gasteiger partial charge on any atom is 0.133 e. The number of benzene rings is 1. The topological polar surface area (TPSA) is 62.4 Å². The normalized spacial score (nSPS) is 12.2. The van der Waals surface area contributed by atoms with Gasteiger partial charge in [0.2, 0.25) is 0 Å². The molecule has 0 bridgehead atoms. The van der Waals surface area contributed by atoms with E-state index >= 15 is 0 Å². The van der Waals surface area contributed by atoms with E-state index in [1.807, 2.05) is 37.3 Å². The predicted molar refractivity (Wildman–Crippen MR) is 81.4 cm³/mol. The van der Waals surface area contributed by atoms with Gasteiger partial charge >= 0.3 is 0 Å². The fourth-order valence-corrected chi connectivity index (χ4v) is 2.21. The zero-order valence-corrected chi connectivity index (χ0v) is 11.7. The van der Waals surface area contributed by atoms with E-state index in [2.05, 4.69) is 22.0 Å². The molecule has 0 aliphatic heterocycles. The second-order valence-electron chi connectivity index (χ2n) is 4.84. The number of aromatic nitrogens is 1. The molecule has 1 aromatic carbocycles. The molecule has 0 unspecified atom stereocenters. The van der Waals surface area contributed by atoms with Crippen LogP contribution < -0.4 is 10.6 Å². The number of hydrogen-bond donors (Lipinski definition) is 2. The van der Waals surface area contributed by atoms with Crippen LogP contribution in [0, 0.1) is 0 Å². The Morgan fingerprint density at radius 3 is 2.60 bits per heavy atom. The Labute approximate surface area is 119 Å². The molecule has 4 nitrogen and oxygen atoms in total. The lowest BCUT2D eigenvalue weighted by Gasteiger charge is -2.26. The van der Waals surface area contributed by atoms with E-state index in [1.54, 1.807) is 6.20 Å². The lowest BCUT2D eigenvalue weighted by atomic mass is 10.1. The van der Waals surface area contributed by atoms with E-state index in [1.165, 1.54) is 5.56 Å². The zero-order chi connectivity index (χ0) is 14.4. The quantitative estimate of drug-likeness (QED) is 0.844. The van der Waals surface area contributed by atoms with E-state index in [9.17, 15) is 5.11 Å². The van der Waals surface area contributed by atoms with Gasteiger partial charge < -0.3 is 15.7 Å². The first-order chi connectivity index (χ1) is 9.72. The van der Waals surface area contributed by atoms with Gasteiger partial charge in [0.05, 0.1) is 6.61 Å². The fraction of sp³-hybridized carbons (Fsp3) is 0.312.